The van der Waals surface area contributed by atoms with Crippen LogP contribution in [-0.2, 0) is 10.2 Å². The Morgan fingerprint density at radius 3 is 2.75 bits per heavy atom. The molecule has 20 heavy (non-hydrogen) atoms. The molecule has 0 aromatic heterocycles. The summed E-state index contributed by atoms with van der Waals surface area (Å²) in [6, 6.07) is 6.22. The maximum Gasteiger partial charge on any atom is 0.305 e. The molecule has 0 spiro atoms. The summed E-state index contributed by atoms with van der Waals surface area (Å²) in [5.74, 6) is 0.0832. The third-order valence-electron chi connectivity index (χ3n) is 3.57. The van der Waals surface area contributed by atoms with Crippen molar-refractivity contribution in [1.82, 2.24) is 0 Å². The maximum absolute atomic E-state index is 10.8. The number of fused-ring (bicyclic) bond motifs is 1. The van der Waals surface area contributed by atoms with Gasteiger partial charge in [-0.25, -0.2) is 0 Å². The molecule has 0 bridgehead atoms. The van der Waals surface area contributed by atoms with Crippen molar-refractivity contribution in [3.8, 4) is 5.75 Å². The van der Waals surface area contributed by atoms with Gasteiger partial charge in [-0.05, 0) is 30.0 Å². The lowest BCUT2D eigenvalue weighted by atomic mass is 9.86. The largest absolute Gasteiger partial charge is 0.487 e. The van der Waals surface area contributed by atoms with Gasteiger partial charge in [0.2, 0.25) is 0 Å². The average molecular weight is 277 g/mol. The number of nitrogens with zero attached hydrogens (tertiary/aromatic N) is 1. The first-order chi connectivity index (χ1) is 9.27. The Bertz CT molecular complexity index is 505. The minimum absolute atomic E-state index is 0.0660. The number of benzene rings is 1. The van der Waals surface area contributed by atoms with Gasteiger partial charge in [0.1, 0.15) is 11.9 Å². The fourth-order valence-corrected chi connectivity index (χ4v) is 2.44. The minimum Gasteiger partial charge on any atom is -0.487 e. The van der Waals surface area contributed by atoms with Gasteiger partial charge < -0.3 is 14.7 Å². The predicted molar refractivity (Wildman–Crippen MR) is 79.7 cm³/mol. The number of ether oxygens (including phenoxy) is 1. The Labute approximate surface area is 120 Å². The molecular formula is C16H23NO3. The van der Waals surface area contributed by atoms with Crippen LogP contribution in [-0.4, -0.2) is 30.3 Å². The Hall–Kier alpha value is -1.71. The molecule has 1 heterocycles. The first kappa shape index (κ1) is 14.7. The minimum atomic E-state index is -0.766. The van der Waals surface area contributed by atoms with Gasteiger partial charge in [0, 0.05) is 6.54 Å². The van der Waals surface area contributed by atoms with Gasteiger partial charge in [-0.15, -0.1) is 0 Å². The highest BCUT2D eigenvalue weighted by Gasteiger charge is 2.25. The number of carboxylic acids is 1. The molecule has 1 N–H and O–H groups in total. The molecule has 0 saturated carbocycles. The maximum atomic E-state index is 10.8. The molecule has 0 radical (unpaired) electrons. The lowest BCUT2D eigenvalue weighted by Gasteiger charge is -2.36. The quantitative estimate of drug-likeness (QED) is 0.922. The van der Waals surface area contributed by atoms with Crippen LogP contribution in [0.3, 0.4) is 0 Å². The third-order valence-corrected chi connectivity index (χ3v) is 3.57. The number of carboxylic acid groups (broad SMARTS) is 1. The summed E-state index contributed by atoms with van der Waals surface area (Å²) in [6.07, 6.45) is 0.225. The zero-order chi connectivity index (χ0) is 14.9. The average Bonchev–Trinajstić information content (AvgIpc) is 2.33. The van der Waals surface area contributed by atoms with Gasteiger partial charge in [0.25, 0.3) is 0 Å². The van der Waals surface area contributed by atoms with Gasteiger partial charge in [-0.3, -0.25) is 4.79 Å². The number of rotatable bonds is 3. The fourth-order valence-electron chi connectivity index (χ4n) is 2.44. The lowest BCUT2D eigenvalue weighted by Crippen LogP contribution is -2.39. The van der Waals surface area contributed by atoms with Crippen molar-refractivity contribution in [1.29, 1.82) is 0 Å². The van der Waals surface area contributed by atoms with E-state index in [1.807, 2.05) is 13.0 Å². The molecule has 4 heteroatoms. The van der Waals surface area contributed by atoms with Crippen LogP contribution in [0.5, 0.6) is 5.75 Å². The van der Waals surface area contributed by atoms with Gasteiger partial charge in [0.15, 0.2) is 0 Å². The standard InChI is InChI=1S/C16H23NO3/c1-11-10-17(8-7-15(18)19)13-9-12(16(2,3)4)5-6-14(13)20-11/h5-6,9,11H,7-8,10H2,1-4H3,(H,18,19). The molecule has 4 nitrogen and oxygen atoms in total. The molecule has 1 unspecified atom stereocenters. The van der Waals surface area contributed by atoms with Crippen LogP contribution < -0.4 is 9.64 Å². The summed E-state index contributed by atoms with van der Waals surface area (Å²) < 4.78 is 5.85. The lowest BCUT2D eigenvalue weighted by molar-refractivity contribution is -0.136. The van der Waals surface area contributed by atoms with Crippen LogP contribution >= 0.6 is 0 Å². The SMILES string of the molecule is CC1CN(CCC(=O)O)c2cc(C(C)(C)C)ccc2O1. The van der Waals surface area contributed by atoms with E-state index in [0.29, 0.717) is 6.54 Å². The molecule has 110 valence electrons. The van der Waals surface area contributed by atoms with Crippen molar-refractivity contribution in [3.63, 3.8) is 0 Å². The predicted octanol–water partition coefficient (Wildman–Crippen LogP) is 3.05. The molecule has 1 aliphatic rings. The molecule has 0 fully saturated rings. The molecule has 1 aromatic carbocycles. The summed E-state index contributed by atoms with van der Waals surface area (Å²) >= 11 is 0. The monoisotopic (exact) mass is 277 g/mol. The first-order valence-corrected chi connectivity index (χ1v) is 7.05. The highest BCUT2D eigenvalue weighted by atomic mass is 16.5. The molecule has 0 saturated heterocycles. The highest BCUT2D eigenvalue weighted by molar-refractivity contribution is 5.69. The van der Waals surface area contributed by atoms with Crippen molar-refractivity contribution in [3.05, 3.63) is 23.8 Å². The Balaban J connectivity index is 2.32. The topological polar surface area (TPSA) is 49.8 Å². The van der Waals surface area contributed by atoms with Crippen LogP contribution in [0.2, 0.25) is 0 Å². The van der Waals surface area contributed by atoms with Crippen molar-refractivity contribution < 1.29 is 14.6 Å². The van der Waals surface area contributed by atoms with Crippen LogP contribution in [0.15, 0.2) is 18.2 Å². The number of carbonyl (C=O) groups is 1. The van der Waals surface area contributed by atoms with Crippen LogP contribution in [0, 0.1) is 0 Å². The zero-order valence-corrected chi connectivity index (χ0v) is 12.6. The molecule has 1 aromatic rings. The number of hydrogen-bond acceptors (Lipinski definition) is 3. The number of anilines is 1. The second-order valence-corrected chi connectivity index (χ2v) is 6.45. The molecule has 1 atom stereocenters. The molecule has 2 rings (SSSR count). The van der Waals surface area contributed by atoms with Gasteiger partial charge in [-0.2, -0.15) is 0 Å². The Morgan fingerprint density at radius 1 is 1.45 bits per heavy atom. The summed E-state index contributed by atoms with van der Waals surface area (Å²) in [5, 5.41) is 8.88. The van der Waals surface area contributed by atoms with E-state index >= 15 is 0 Å². The summed E-state index contributed by atoms with van der Waals surface area (Å²) in [7, 11) is 0. The second-order valence-electron chi connectivity index (χ2n) is 6.45. The van der Waals surface area contributed by atoms with Gasteiger partial charge in [0.05, 0.1) is 18.7 Å². The summed E-state index contributed by atoms with van der Waals surface area (Å²) in [4.78, 5) is 12.9. The molecular weight excluding hydrogens is 254 g/mol. The van der Waals surface area contributed by atoms with Gasteiger partial charge in [-0.1, -0.05) is 26.8 Å². The van der Waals surface area contributed by atoms with Crippen molar-refractivity contribution in [2.24, 2.45) is 0 Å². The van der Waals surface area contributed by atoms with E-state index in [4.69, 9.17) is 9.84 Å². The van der Waals surface area contributed by atoms with Crippen LogP contribution in [0.1, 0.15) is 39.7 Å². The van der Waals surface area contributed by atoms with E-state index in [-0.39, 0.29) is 17.9 Å². The van der Waals surface area contributed by atoms with Crippen molar-refractivity contribution in [2.75, 3.05) is 18.0 Å². The number of aliphatic carboxylic acids is 1. The van der Waals surface area contributed by atoms with E-state index in [0.717, 1.165) is 18.0 Å². The van der Waals surface area contributed by atoms with Crippen molar-refractivity contribution in [2.45, 2.75) is 45.6 Å². The third kappa shape index (κ3) is 3.24. The van der Waals surface area contributed by atoms with E-state index in [9.17, 15) is 4.79 Å². The Morgan fingerprint density at radius 2 is 2.15 bits per heavy atom. The number of hydrogen-bond donors (Lipinski definition) is 1. The second kappa shape index (κ2) is 5.35. The summed E-state index contributed by atoms with van der Waals surface area (Å²) in [5.41, 5.74) is 2.31. The zero-order valence-electron chi connectivity index (χ0n) is 12.6. The fraction of sp³-hybridized carbons (Fsp3) is 0.562. The smallest absolute Gasteiger partial charge is 0.305 e. The van der Waals surface area contributed by atoms with E-state index in [1.54, 1.807) is 0 Å². The molecule has 0 aliphatic carbocycles. The van der Waals surface area contributed by atoms with Crippen LogP contribution in [0.25, 0.3) is 0 Å². The van der Waals surface area contributed by atoms with E-state index in [2.05, 4.69) is 37.8 Å². The van der Waals surface area contributed by atoms with E-state index < -0.39 is 5.97 Å². The normalized spacial score (nSPS) is 18.4. The highest BCUT2D eigenvalue weighted by Crippen LogP contribution is 2.37. The first-order valence-electron chi connectivity index (χ1n) is 7.05. The Kier molecular flexibility index (Phi) is 3.93. The summed E-state index contributed by atoms with van der Waals surface area (Å²) in [6.45, 7) is 9.76. The molecule has 1 aliphatic heterocycles. The van der Waals surface area contributed by atoms with Crippen molar-refractivity contribution >= 4 is 11.7 Å². The van der Waals surface area contributed by atoms with Gasteiger partial charge >= 0.3 is 5.97 Å². The molecule has 0 amide bonds. The van der Waals surface area contributed by atoms with E-state index in [1.165, 1.54) is 5.56 Å². The van der Waals surface area contributed by atoms with Crippen LogP contribution in [0.4, 0.5) is 5.69 Å².